The van der Waals surface area contributed by atoms with Crippen LogP contribution in [0.1, 0.15) is 35.8 Å². The summed E-state index contributed by atoms with van der Waals surface area (Å²) in [6.45, 7) is 2.86. The number of benzene rings is 1. The number of ketones is 1. The monoisotopic (exact) mass is 266 g/mol. The normalized spacial score (nSPS) is 13.9. The second-order valence-electron chi connectivity index (χ2n) is 5.06. The number of fused-ring (bicyclic) bond motifs is 1. The van der Waals surface area contributed by atoms with Crippen LogP contribution < -0.4 is 4.90 Å². The van der Waals surface area contributed by atoms with Crippen molar-refractivity contribution in [3.05, 3.63) is 53.9 Å². The maximum absolute atomic E-state index is 11.6. The molecule has 2 heterocycles. The second kappa shape index (κ2) is 5.45. The summed E-state index contributed by atoms with van der Waals surface area (Å²) in [6.07, 6.45) is 4.59. The molecular weight excluding hydrogens is 248 g/mol. The number of nitrogens with zero attached hydrogens (tertiary/aromatic N) is 2. The first kappa shape index (κ1) is 12.9. The lowest BCUT2D eigenvalue weighted by molar-refractivity contribution is 0.0983. The van der Waals surface area contributed by atoms with Gasteiger partial charge in [0.15, 0.2) is 5.78 Å². The lowest BCUT2D eigenvalue weighted by Crippen LogP contribution is -2.24. The number of hydrogen-bond acceptors (Lipinski definition) is 3. The van der Waals surface area contributed by atoms with Gasteiger partial charge in [0.1, 0.15) is 5.69 Å². The molecule has 0 bridgehead atoms. The average molecular weight is 266 g/mol. The van der Waals surface area contributed by atoms with Crippen molar-refractivity contribution in [2.45, 2.75) is 26.2 Å². The summed E-state index contributed by atoms with van der Waals surface area (Å²) < 4.78 is 0. The highest BCUT2D eigenvalue weighted by atomic mass is 16.1. The maximum Gasteiger partial charge on any atom is 0.180 e. The quantitative estimate of drug-likeness (QED) is 0.793. The maximum atomic E-state index is 11.6. The highest BCUT2D eigenvalue weighted by Gasteiger charge is 2.18. The van der Waals surface area contributed by atoms with Crippen LogP contribution in [0.4, 0.5) is 11.4 Å². The van der Waals surface area contributed by atoms with Crippen molar-refractivity contribution < 1.29 is 4.79 Å². The molecule has 0 radical (unpaired) electrons. The molecular formula is C17H18N2O. The molecule has 0 spiro atoms. The van der Waals surface area contributed by atoms with Crippen LogP contribution in [0.25, 0.3) is 0 Å². The van der Waals surface area contributed by atoms with Gasteiger partial charge in [-0.3, -0.25) is 9.78 Å². The molecule has 20 heavy (non-hydrogen) atoms. The zero-order valence-electron chi connectivity index (χ0n) is 11.7. The van der Waals surface area contributed by atoms with Crippen molar-refractivity contribution in [1.29, 1.82) is 0 Å². The van der Waals surface area contributed by atoms with Crippen LogP contribution in [-0.2, 0) is 6.42 Å². The van der Waals surface area contributed by atoms with Gasteiger partial charge in [-0.1, -0.05) is 25.1 Å². The summed E-state index contributed by atoms with van der Waals surface area (Å²) >= 11 is 0. The van der Waals surface area contributed by atoms with E-state index in [0.29, 0.717) is 12.1 Å². The zero-order chi connectivity index (χ0) is 13.9. The molecule has 0 saturated carbocycles. The molecule has 102 valence electrons. The van der Waals surface area contributed by atoms with Gasteiger partial charge in [0.05, 0.1) is 11.9 Å². The zero-order valence-corrected chi connectivity index (χ0v) is 11.7. The molecule has 1 aromatic carbocycles. The van der Waals surface area contributed by atoms with Crippen LogP contribution in [0.3, 0.4) is 0 Å². The molecule has 0 N–H and O–H groups in total. The van der Waals surface area contributed by atoms with E-state index in [2.05, 4.69) is 34.1 Å². The Labute approximate surface area is 119 Å². The number of para-hydroxylation sites is 1. The topological polar surface area (TPSA) is 33.2 Å². The summed E-state index contributed by atoms with van der Waals surface area (Å²) in [7, 11) is 0. The standard InChI is InChI=1S/C17H18N2O/c1-2-17(20)15-10-9-14(12-18-15)19-11-5-7-13-6-3-4-8-16(13)19/h3-4,6,8-10,12H,2,5,7,11H2,1H3. The number of aryl methyl sites for hydroxylation is 1. The van der Waals surface area contributed by atoms with Crippen LogP contribution >= 0.6 is 0 Å². The smallest absolute Gasteiger partial charge is 0.180 e. The molecule has 3 rings (SSSR count). The van der Waals surface area contributed by atoms with Gasteiger partial charge in [0.2, 0.25) is 0 Å². The SMILES string of the molecule is CCC(=O)c1ccc(N2CCCc3ccccc32)cn1. The van der Waals surface area contributed by atoms with Crippen LogP contribution in [0, 0.1) is 0 Å². The van der Waals surface area contributed by atoms with E-state index in [9.17, 15) is 4.79 Å². The molecule has 1 aromatic heterocycles. The molecule has 0 fully saturated rings. The Kier molecular flexibility index (Phi) is 3.50. The van der Waals surface area contributed by atoms with Gasteiger partial charge in [0, 0.05) is 18.7 Å². The Morgan fingerprint density at radius 3 is 2.85 bits per heavy atom. The van der Waals surface area contributed by atoms with Gasteiger partial charge < -0.3 is 4.90 Å². The molecule has 3 heteroatoms. The Balaban J connectivity index is 1.92. The summed E-state index contributed by atoms with van der Waals surface area (Å²) in [5.41, 5.74) is 4.26. The van der Waals surface area contributed by atoms with Crippen LogP contribution in [0.5, 0.6) is 0 Å². The first-order valence-corrected chi connectivity index (χ1v) is 7.14. The fraction of sp³-hybridized carbons (Fsp3) is 0.294. The summed E-state index contributed by atoms with van der Waals surface area (Å²) in [5, 5.41) is 0. The fourth-order valence-electron chi connectivity index (χ4n) is 2.69. The predicted octanol–water partition coefficient (Wildman–Crippen LogP) is 3.76. The summed E-state index contributed by atoms with van der Waals surface area (Å²) in [6, 6.07) is 12.3. The van der Waals surface area contributed by atoms with E-state index in [0.717, 1.165) is 25.1 Å². The Morgan fingerprint density at radius 1 is 1.25 bits per heavy atom. The third-order valence-corrected chi connectivity index (χ3v) is 3.78. The Hall–Kier alpha value is -2.16. The summed E-state index contributed by atoms with van der Waals surface area (Å²) in [4.78, 5) is 18.2. The molecule has 2 aromatic rings. The van der Waals surface area contributed by atoms with Crippen LogP contribution in [-0.4, -0.2) is 17.3 Å². The lowest BCUT2D eigenvalue weighted by Gasteiger charge is -2.31. The van der Waals surface area contributed by atoms with Crippen molar-refractivity contribution >= 4 is 17.2 Å². The summed E-state index contributed by atoms with van der Waals surface area (Å²) in [5.74, 6) is 0.0931. The van der Waals surface area contributed by atoms with E-state index in [4.69, 9.17) is 0 Å². The Morgan fingerprint density at radius 2 is 2.10 bits per heavy atom. The van der Waals surface area contributed by atoms with E-state index in [1.165, 1.54) is 11.3 Å². The average Bonchev–Trinajstić information content (AvgIpc) is 2.54. The van der Waals surface area contributed by atoms with Crippen LogP contribution in [0.2, 0.25) is 0 Å². The highest BCUT2D eigenvalue weighted by Crippen LogP contribution is 2.32. The molecule has 1 aliphatic rings. The van der Waals surface area contributed by atoms with E-state index in [1.807, 2.05) is 25.3 Å². The molecule has 0 atom stereocenters. The number of anilines is 2. The third kappa shape index (κ3) is 2.31. The molecule has 0 amide bonds. The number of hydrogen-bond donors (Lipinski definition) is 0. The van der Waals surface area contributed by atoms with Crippen molar-refractivity contribution in [3.8, 4) is 0 Å². The largest absolute Gasteiger partial charge is 0.340 e. The second-order valence-corrected chi connectivity index (χ2v) is 5.06. The third-order valence-electron chi connectivity index (χ3n) is 3.78. The van der Waals surface area contributed by atoms with Gasteiger partial charge in [-0.25, -0.2) is 0 Å². The van der Waals surface area contributed by atoms with Crippen molar-refractivity contribution in [2.24, 2.45) is 0 Å². The molecule has 0 unspecified atom stereocenters. The molecule has 0 saturated heterocycles. The first-order valence-electron chi connectivity index (χ1n) is 7.14. The number of aromatic nitrogens is 1. The highest BCUT2D eigenvalue weighted by molar-refractivity contribution is 5.94. The van der Waals surface area contributed by atoms with E-state index < -0.39 is 0 Å². The van der Waals surface area contributed by atoms with Gasteiger partial charge in [-0.15, -0.1) is 0 Å². The minimum absolute atomic E-state index is 0.0931. The number of rotatable bonds is 3. The number of pyridine rings is 1. The fourth-order valence-corrected chi connectivity index (χ4v) is 2.69. The minimum Gasteiger partial charge on any atom is -0.340 e. The van der Waals surface area contributed by atoms with Crippen molar-refractivity contribution in [1.82, 2.24) is 4.98 Å². The van der Waals surface area contributed by atoms with Gasteiger partial charge in [0.25, 0.3) is 0 Å². The van der Waals surface area contributed by atoms with Gasteiger partial charge >= 0.3 is 0 Å². The van der Waals surface area contributed by atoms with Crippen LogP contribution in [0.15, 0.2) is 42.6 Å². The Bertz CT molecular complexity index is 619. The minimum atomic E-state index is 0.0931. The van der Waals surface area contributed by atoms with Gasteiger partial charge in [-0.05, 0) is 36.6 Å². The van der Waals surface area contributed by atoms with E-state index in [-0.39, 0.29) is 5.78 Å². The number of carbonyl (C=O) groups is 1. The van der Waals surface area contributed by atoms with E-state index in [1.54, 1.807) is 0 Å². The predicted molar refractivity (Wildman–Crippen MR) is 80.6 cm³/mol. The first-order chi connectivity index (χ1) is 9.79. The van der Waals surface area contributed by atoms with Gasteiger partial charge in [-0.2, -0.15) is 0 Å². The lowest BCUT2D eigenvalue weighted by atomic mass is 10.0. The molecule has 3 nitrogen and oxygen atoms in total. The number of carbonyl (C=O) groups excluding carboxylic acids is 1. The van der Waals surface area contributed by atoms with E-state index >= 15 is 0 Å². The molecule has 0 aliphatic carbocycles. The molecule has 1 aliphatic heterocycles. The number of Topliss-reactive ketones (excluding diaryl/α,β-unsaturated/α-hetero) is 1. The van der Waals surface area contributed by atoms with Crippen molar-refractivity contribution in [3.63, 3.8) is 0 Å². The van der Waals surface area contributed by atoms with Crippen molar-refractivity contribution in [2.75, 3.05) is 11.4 Å².